The van der Waals surface area contributed by atoms with Crippen molar-refractivity contribution in [3.05, 3.63) is 71.8 Å². The highest BCUT2D eigenvalue weighted by molar-refractivity contribution is 6.68. The second-order valence-corrected chi connectivity index (χ2v) is 12.3. The summed E-state index contributed by atoms with van der Waals surface area (Å²) in [6, 6.07) is 21.5. The van der Waals surface area contributed by atoms with Gasteiger partial charge >= 0.3 is 8.56 Å². The van der Waals surface area contributed by atoms with Gasteiger partial charge < -0.3 is 18.3 Å². The van der Waals surface area contributed by atoms with Gasteiger partial charge in [-0.1, -0.05) is 87.4 Å². The van der Waals surface area contributed by atoms with Crippen LogP contribution in [0.2, 0.25) is 6.55 Å². The molecular weight excluding hydrogens is 428 g/mol. The lowest BCUT2D eigenvalue weighted by Crippen LogP contribution is -2.49. The Kier molecular flexibility index (Phi) is 11.1. The molecule has 0 amide bonds. The Balaban J connectivity index is 1.79. The second-order valence-electron chi connectivity index (χ2n) is 9.17. The van der Waals surface area contributed by atoms with E-state index in [4.69, 9.17) is 18.3 Å². The van der Waals surface area contributed by atoms with Gasteiger partial charge in [0.25, 0.3) is 0 Å². The number of epoxide rings is 1. The van der Waals surface area contributed by atoms with E-state index in [0.717, 1.165) is 65.0 Å². The molecule has 0 radical (unpaired) electrons. The van der Waals surface area contributed by atoms with E-state index in [1.807, 2.05) is 0 Å². The van der Waals surface area contributed by atoms with Crippen molar-refractivity contribution in [1.29, 1.82) is 0 Å². The van der Waals surface area contributed by atoms with Gasteiger partial charge in [-0.15, -0.1) is 0 Å². The zero-order valence-corrected chi connectivity index (χ0v) is 21.7. The third-order valence-electron chi connectivity index (χ3n) is 6.21. The van der Waals surface area contributed by atoms with E-state index < -0.39 is 8.56 Å². The van der Waals surface area contributed by atoms with E-state index in [0.29, 0.717) is 6.10 Å². The fraction of sp³-hybridized carbons (Fsp3) is 0.571. The molecule has 1 fully saturated rings. The van der Waals surface area contributed by atoms with Crippen LogP contribution in [0.15, 0.2) is 60.7 Å². The topological polar surface area (TPSA) is 40.2 Å². The number of unbranched alkanes of at least 4 members (excludes halogenated alkanes) is 1. The van der Waals surface area contributed by atoms with E-state index >= 15 is 0 Å². The molecule has 1 aliphatic rings. The fourth-order valence-electron chi connectivity index (χ4n) is 4.40. The van der Waals surface area contributed by atoms with E-state index in [-0.39, 0.29) is 11.6 Å². The van der Waals surface area contributed by atoms with Crippen LogP contribution >= 0.6 is 0 Å². The molecule has 0 aliphatic carbocycles. The molecule has 182 valence electrons. The number of rotatable bonds is 17. The van der Waals surface area contributed by atoms with Gasteiger partial charge in [0.1, 0.15) is 6.10 Å². The third kappa shape index (κ3) is 8.65. The predicted molar refractivity (Wildman–Crippen MR) is 137 cm³/mol. The highest BCUT2D eigenvalue weighted by atomic mass is 28.4. The largest absolute Gasteiger partial charge is 0.394 e. The molecule has 0 N–H and O–H groups in total. The molecule has 0 bridgehead atoms. The van der Waals surface area contributed by atoms with Crippen LogP contribution in [0.1, 0.15) is 69.0 Å². The SMILES string of the molecule is CCCCO[Si](C)(OC(CCC)CCCOCC1CO1)C(c1ccccc1)c1ccccc1. The molecule has 1 aliphatic heterocycles. The Bertz CT molecular complexity index is 728. The van der Waals surface area contributed by atoms with Crippen LogP contribution in [-0.4, -0.2) is 47.2 Å². The molecule has 1 heterocycles. The summed E-state index contributed by atoms with van der Waals surface area (Å²) in [5.41, 5.74) is 2.68. The number of ether oxygens (including phenoxy) is 2. The number of hydrogen-bond donors (Lipinski definition) is 0. The van der Waals surface area contributed by atoms with Crippen molar-refractivity contribution < 1.29 is 18.3 Å². The van der Waals surface area contributed by atoms with E-state index in [1.54, 1.807) is 0 Å². The van der Waals surface area contributed by atoms with Crippen molar-refractivity contribution in [3.8, 4) is 0 Å². The Morgan fingerprint density at radius 1 is 0.879 bits per heavy atom. The minimum Gasteiger partial charge on any atom is -0.394 e. The average Bonchev–Trinajstić information content (AvgIpc) is 3.65. The molecule has 2 aromatic carbocycles. The fourth-order valence-corrected chi connectivity index (χ4v) is 7.81. The van der Waals surface area contributed by atoms with Crippen LogP contribution < -0.4 is 0 Å². The van der Waals surface area contributed by atoms with Crippen LogP contribution in [0.3, 0.4) is 0 Å². The third-order valence-corrected chi connectivity index (χ3v) is 9.50. The molecule has 4 nitrogen and oxygen atoms in total. The van der Waals surface area contributed by atoms with E-state index in [2.05, 4.69) is 81.1 Å². The molecular formula is C28H42O4Si. The van der Waals surface area contributed by atoms with Gasteiger partial charge in [-0.05, 0) is 43.4 Å². The van der Waals surface area contributed by atoms with Crippen molar-refractivity contribution in [2.24, 2.45) is 0 Å². The molecule has 3 atom stereocenters. The molecule has 33 heavy (non-hydrogen) atoms. The molecule has 0 saturated carbocycles. The first kappa shape index (κ1) is 26.1. The maximum atomic E-state index is 7.07. The van der Waals surface area contributed by atoms with Gasteiger partial charge in [0.2, 0.25) is 0 Å². The van der Waals surface area contributed by atoms with Crippen molar-refractivity contribution in [1.82, 2.24) is 0 Å². The summed E-state index contributed by atoms with van der Waals surface area (Å²) in [5, 5.41) is 0. The van der Waals surface area contributed by atoms with Gasteiger partial charge in [0.05, 0.1) is 18.8 Å². The predicted octanol–water partition coefficient (Wildman–Crippen LogP) is 6.63. The van der Waals surface area contributed by atoms with Crippen molar-refractivity contribution in [3.63, 3.8) is 0 Å². The maximum absolute atomic E-state index is 7.07. The molecule has 5 heteroatoms. The van der Waals surface area contributed by atoms with Crippen LogP contribution in [0.4, 0.5) is 0 Å². The molecule has 3 unspecified atom stereocenters. The molecule has 2 aromatic rings. The molecule has 3 rings (SSSR count). The Labute approximate surface area is 201 Å². The van der Waals surface area contributed by atoms with E-state index in [9.17, 15) is 0 Å². The Morgan fingerprint density at radius 2 is 1.52 bits per heavy atom. The van der Waals surface area contributed by atoms with Gasteiger partial charge in [-0.25, -0.2) is 0 Å². The summed E-state index contributed by atoms with van der Waals surface area (Å²) in [4.78, 5) is 0. The first-order valence-corrected chi connectivity index (χ1v) is 15.2. The number of hydrogen-bond acceptors (Lipinski definition) is 4. The average molecular weight is 471 g/mol. The van der Waals surface area contributed by atoms with Gasteiger partial charge in [-0.3, -0.25) is 0 Å². The van der Waals surface area contributed by atoms with Crippen LogP contribution in [-0.2, 0) is 18.3 Å². The monoisotopic (exact) mass is 470 g/mol. The van der Waals surface area contributed by atoms with Crippen LogP contribution in [0, 0.1) is 0 Å². The minimum atomic E-state index is -2.64. The maximum Gasteiger partial charge on any atom is 0.347 e. The summed E-state index contributed by atoms with van der Waals surface area (Å²) in [7, 11) is -2.64. The first-order valence-electron chi connectivity index (χ1n) is 12.8. The van der Waals surface area contributed by atoms with Crippen LogP contribution in [0.25, 0.3) is 0 Å². The summed E-state index contributed by atoms with van der Waals surface area (Å²) >= 11 is 0. The lowest BCUT2D eigenvalue weighted by molar-refractivity contribution is 0.0763. The van der Waals surface area contributed by atoms with Gasteiger partial charge in [-0.2, -0.15) is 0 Å². The first-order chi connectivity index (χ1) is 16.2. The van der Waals surface area contributed by atoms with Gasteiger partial charge in [0, 0.05) is 19.3 Å². The normalized spacial score (nSPS) is 18.2. The lowest BCUT2D eigenvalue weighted by atomic mass is 10.0. The zero-order chi connectivity index (χ0) is 23.4. The second kappa shape index (κ2) is 14.0. The van der Waals surface area contributed by atoms with E-state index in [1.165, 1.54) is 11.1 Å². The Morgan fingerprint density at radius 3 is 2.06 bits per heavy atom. The summed E-state index contributed by atoms with van der Waals surface area (Å²) < 4.78 is 24.8. The molecule has 0 aromatic heterocycles. The summed E-state index contributed by atoms with van der Waals surface area (Å²) in [5.74, 6) is 0. The number of benzene rings is 2. The summed E-state index contributed by atoms with van der Waals surface area (Å²) in [6.07, 6.45) is 6.82. The zero-order valence-electron chi connectivity index (χ0n) is 20.7. The molecule has 1 saturated heterocycles. The lowest BCUT2D eigenvalue weighted by Gasteiger charge is -2.38. The summed E-state index contributed by atoms with van der Waals surface area (Å²) in [6.45, 7) is 9.80. The smallest absolute Gasteiger partial charge is 0.347 e. The standard InChI is InChI=1S/C28H42O4Si/c1-4-6-21-31-33(3,32-26(14-5-2)19-13-20-29-22-27-23-30-27)28(24-15-9-7-10-16-24)25-17-11-8-12-18-25/h7-12,15-18,26-28H,4-6,13-14,19-23H2,1-3H3. The highest BCUT2D eigenvalue weighted by Gasteiger charge is 2.45. The van der Waals surface area contributed by atoms with Gasteiger partial charge in [0.15, 0.2) is 0 Å². The van der Waals surface area contributed by atoms with Crippen molar-refractivity contribution in [2.75, 3.05) is 26.4 Å². The molecule has 0 spiro atoms. The minimum absolute atomic E-state index is 0.124. The quantitative estimate of drug-likeness (QED) is 0.148. The Hall–Kier alpha value is -1.50. The highest BCUT2D eigenvalue weighted by Crippen LogP contribution is 2.37. The van der Waals surface area contributed by atoms with Crippen LogP contribution in [0.5, 0.6) is 0 Å². The van der Waals surface area contributed by atoms with Crippen molar-refractivity contribution >= 4 is 8.56 Å². The van der Waals surface area contributed by atoms with Crippen molar-refractivity contribution in [2.45, 2.75) is 76.7 Å².